The third-order valence-electron chi connectivity index (χ3n) is 2.52. The second-order valence-corrected chi connectivity index (χ2v) is 5.86. The molecule has 1 aromatic heterocycles. The van der Waals surface area contributed by atoms with Gasteiger partial charge < -0.3 is 5.32 Å². The Bertz CT molecular complexity index is 455. The molecule has 0 bridgehead atoms. The molecular weight excluding hydrogens is 260 g/mol. The highest BCUT2D eigenvalue weighted by Crippen LogP contribution is 2.23. The van der Waals surface area contributed by atoms with Crippen LogP contribution in [0.2, 0.25) is 0 Å². The maximum atomic E-state index is 4.30. The van der Waals surface area contributed by atoms with Gasteiger partial charge in [-0.3, -0.25) is 0 Å². The predicted octanol–water partition coefficient (Wildman–Crippen LogP) is 3.94. The highest BCUT2D eigenvalue weighted by molar-refractivity contribution is 7.98. The summed E-state index contributed by atoms with van der Waals surface area (Å²) in [5, 5.41) is 5.54. The summed E-state index contributed by atoms with van der Waals surface area (Å²) < 4.78 is 0. The van der Waals surface area contributed by atoms with Gasteiger partial charge in [0.15, 0.2) is 0 Å². The number of rotatable bonds is 7. The molecule has 0 unspecified atom stereocenters. The van der Waals surface area contributed by atoms with E-state index in [9.17, 15) is 0 Å². The van der Waals surface area contributed by atoms with Crippen molar-refractivity contribution in [1.82, 2.24) is 10.3 Å². The van der Waals surface area contributed by atoms with Gasteiger partial charge in [0.1, 0.15) is 0 Å². The second kappa shape index (κ2) is 7.56. The van der Waals surface area contributed by atoms with Crippen LogP contribution in [-0.2, 0) is 12.3 Å². The molecule has 0 fully saturated rings. The van der Waals surface area contributed by atoms with E-state index in [4.69, 9.17) is 0 Å². The summed E-state index contributed by atoms with van der Waals surface area (Å²) in [6.45, 7) is 4.22. The minimum absolute atomic E-state index is 0.954. The van der Waals surface area contributed by atoms with Gasteiger partial charge in [0.2, 0.25) is 0 Å². The Morgan fingerprint density at radius 2 is 2.33 bits per heavy atom. The topological polar surface area (TPSA) is 24.9 Å². The zero-order chi connectivity index (χ0) is 12.6. The van der Waals surface area contributed by atoms with Crippen LogP contribution in [0.25, 0.3) is 0 Å². The van der Waals surface area contributed by atoms with Crippen molar-refractivity contribution in [3.8, 4) is 0 Å². The van der Waals surface area contributed by atoms with E-state index in [1.807, 2.05) is 17.3 Å². The molecule has 2 rings (SSSR count). The van der Waals surface area contributed by atoms with Crippen LogP contribution in [0.4, 0.5) is 0 Å². The minimum atomic E-state index is 0.954. The number of hydrogen-bond donors (Lipinski definition) is 1. The summed E-state index contributed by atoms with van der Waals surface area (Å²) in [5.74, 6) is 0.954. The smallest absolute Gasteiger partial charge is 0.0795 e. The van der Waals surface area contributed by atoms with Gasteiger partial charge in [-0.2, -0.15) is 0 Å². The fourth-order valence-corrected chi connectivity index (χ4v) is 3.17. The Morgan fingerprint density at radius 1 is 1.39 bits per heavy atom. The fraction of sp³-hybridized carbons (Fsp3) is 0.357. The van der Waals surface area contributed by atoms with Crippen molar-refractivity contribution in [1.29, 1.82) is 0 Å². The number of hydrogen-bond acceptors (Lipinski definition) is 4. The molecule has 0 saturated carbocycles. The maximum absolute atomic E-state index is 4.30. The van der Waals surface area contributed by atoms with E-state index in [1.54, 1.807) is 11.3 Å². The van der Waals surface area contributed by atoms with Gasteiger partial charge in [-0.1, -0.05) is 19.1 Å². The third kappa shape index (κ3) is 4.44. The molecule has 1 aromatic carbocycles. The highest BCUT2D eigenvalue weighted by atomic mass is 32.2. The lowest BCUT2D eigenvalue weighted by Crippen LogP contribution is -2.13. The molecule has 0 aliphatic carbocycles. The quantitative estimate of drug-likeness (QED) is 0.613. The summed E-state index contributed by atoms with van der Waals surface area (Å²) in [6.07, 6.45) is 1.18. The Balaban J connectivity index is 1.86. The molecule has 0 saturated heterocycles. The zero-order valence-corrected chi connectivity index (χ0v) is 12.2. The highest BCUT2D eigenvalue weighted by Gasteiger charge is 1.99. The lowest BCUT2D eigenvalue weighted by atomic mass is 10.2. The average Bonchev–Trinajstić information content (AvgIpc) is 2.90. The second-order valence-electron chi connectivity index (χ2n) is 4.09. The first-order valence-corrected chi connectivity index (χ1v) is 8.11. The van der Waals surface area contributed by atoms with E-state index in [1.165, 1.54) is 22.6 Å². The van der Waals surface area contributed by atoms with Crippen molar-refractivity contribution in [3.63, 3.8) is 0 Å². The first-order valence-electron chi connectivity index (χ1n) is 6.18. The third-order valence-corrected chi connectivity index (χ3v) is 4.19. The van der Waals surface area contributed by atoms with Crippen molar-refractivity contribution < 1.29 is 0 Å². The lowest BCUT2D eigenvalue weighted by Gasteiger charge is -2.05. The van der Waals surface area contributed by atoms with Gasteiger partial charge in [0.25, 0.3) is 0 Å². The van der Waals surface area contributed by atoms with Crippen LogP contribution in [0.3, 0.4) is 0 Å². The van der Waals surface area contributed by atoms with Gasteiger partial charge >= 0.3 is 0 Å². The molecule has 96 valence electrons. The molecule has 18 heavy (non-hydrogen) atoms. The molecule has 0 atom stereocenters. The van der Waals surface area contributed by atoms with Crippen molar-refractivity contribution in [3.05, 3.63) is 46.4 Å². The Labute approximate surface area is 117 Å². The SMILES string of the molecule is CCCNCc1cccc(SCc2cscn2)c1. The average molecular weight is 278 g/mol. The summed E-state index contributed by atoms with van der Waals surface area (Å²) in [5.41, 5.74) is 4.41. The van der Waals surface area contributed by atoms with E-state index in [0.717, 1.165) is 18.8 Å². The molecular formula is C14H18N2S2. The summed E-state index contributed by atoms with van der Waals surface area (Å²) in [6, 6.07) is 8.74. The molecule has 0 spiro atoms. The van der Waals surface area contributed by atoms with Gasteiger partial charge in [-0.25, -0.2) is 4.98 Å². The molecule has 0 radical (unpaired) electrons. The summed E-state index contributed by atoms with van der Waals surface area (Å²) in [4.78, 5) is 5.62. The maximum Gasteiger partial charge on any atom is 0.0795 e. The molecule has 0 aliphatic heterocycles. The molecule has 1 N–H and O–H groups in total. The van der Waals surface area contributed by atoms with Gasteiger partial charge in [0.05, 0.1) is 11.2 Å². The van der Waals surface area contributed by atoms with E-state index < -0.39 is 0 Å². The van der Waals surface area contributed by atoms with Crippen LogP contribution in [0.15, 0.2) is 40.1 Å². The normalized spacial score (nSPS) is 10.7. The van der Waals surface area contributed by atoms with Crippen molar-refractivity contribution >= 4 is 23.1 Å². The molecule has 0 amide bonds. The van der Waals surface area contributed by atoms with Crippen molar-refractivity contribution in [2.24, 2.45) is 0 Å². The predicted molar refractivity (Wildman–Crippen MR) is 80.1 cm³/mol. The lowest BCUT2D eigenvalue weighted by molar-refractivity contribution is 0.674. The monoisotopic (exact) mass is 278 g/mol. The first kappa shape index (κ1) is 13.6. The van der Waals surface area contributed by atoms with Gasteiger partial charge in [-0.15, -0.1) is 23.1 Å². The number of nitrogens with zero attached hydrogens (tertiary/aromatic N) is 1. The minimum Gasteiger partial charge on any atom is -0.313 e. The fourth-order valence-electron chi connectivity index (χ4n) is 1.62. The number of benzene rings is 1. The van der Waals surface area contributed by atoms with Crippen LogP contribution < -0.4 is 5.32 Å². The van der Waals surface area contributed by atoms with E-state index >= 15 is 0 Å². The summed E-state index contributed by atoms with van der Waals surface area (Å²) in [7, 11) is 0. The molecule has 1 heterocycles. The van der Waals surface area contributed by atoms with Crippen LogP contribution in [0.5, 0.6) is 0 Å². The number of thiazole rings is 1. The molecule has 2 nitrogen and oxygen atoms in total. The number of aromatic nitrogens is 1. The molecule has 2 aromatic rings. The summed E-state index contributed by atoms with van der Waals surface area (Å²) >= 11 is 3.50. The van der Waals surface area contributed by atoms with Gasteiger partial charge in [-0.05, 0) is 30.7 Å². The van der Waals surface area contributed by atoms with E-state index in [2.05, 4.69) is 46.9 Å². The van der Waals surface area contributed by atoms with E-state index in [0.29, 0.717) is 0 Å². The molecule has 4 heteroatoms. The van der Waals surface area contributed by atoms with Crippen LogP contribution in [0, 0.1) is 0 Å². The Hall–Kier alpha value is -0.840. The van der Waals surface area contributed by atoms with Crippen LogP contribution in [0.1, 0.15) is 24.6 Å². The first-order chi connectivity index (χ1) is 8.88. The van der Waals surface area contributed by atoms with Crippen LogP contribution in [-0.4, -0.2) is 11.5 Å². The number of nitrogens with one attached hydrogen (secondary N) is 1. The van der Waals surface area contributed by atoms with Crippen LogP contribution >= 0.6 is 23.1 Å². The van der Waals surface area contributed by atoms with Crippen molar-refractivity contribution in [2.75, 3.05) is 6.54 Å². The molecule has 0 aliphatic rings. The largest absolute Gasteiger partial charge is 0.313 e. The van der Waals surface area contributed by atoms with Crippen molar-refractivity contribution in [2.45, 2.75) is 30.5 Å². The standard InChI is InChI=1S/C14H18N2S2/c1-2-6-15-8-12-4-3-5-14(7-12)18-10-13-9-17-11-16-13/h3-5,7,9,11,15H,2,6,8,10H2,1H3. The van der Waals surface area contributed by atoms with Gasteiger partial charge in [0, 0.05) is 22.6 Å². The Morgan fingerprint density at radius 3 is 3.11 bits per heavy atom. The van der Waals surface area contributed by atoms with E-state index in [-0.39, 0.29) is 0 Å². The number of thioether (sulfide) groups is 1. The zero-order valence-electron chi connectivity index (χ0n) is 10.6. The Kier molecular flexibility index (Phi) is 5.71.